The first-order valence-electron chi connectivity index (χ1n) is 8.43. The summed E-state index contributed by atoms with van der Waals surface area (Å²) in [4.78, 5) is 27.2. The van der Waals surface area contributed by atoms with Gasteiger partial charge in [0.15, 0.2) is 0 Å². The topological polar surface area (TPSA) is 75.9 Å². The van der Waals surface area contributed by atoms with E-state index in [0.717, 1.165) is 5.69 Å². The molecule has 7 heteroatoms. The first-order valence-corrected chi connectivity index (χ1v) is 8.43. The van der Waals surface area contributed by atoms with Crippen molar-refractivity contribution in [3.63, 3.8) is 0 Å². The smallest absolute Gasteiger partial charge is 0.272 e. The van der Waals surface area contributed by atoms with Crippen LogP contribution in [0.5, 0.6) is 5.75 Å². The van der Waals surface area contributed by atoms with Gasteiger partial charge in [-0.1, -0.05) is 6.07 Å². The highest BCUT2D eigenvalue weighted by molar-refractivity contribution is 5.94. The fourth-order valence-corrected chi connectivity index (χ4v) is 3.15. The molecule has 0 bridgehead atoms. The second kappa shape index (κ2) is 7.43. The van der Waals surface area contributed by atoms with Crippen LogP contribution in [0.3, 0.4) is 0 Å². The Morgan fingerprint density at radius 2 is 1.85 bits per heavy atom. The Hall–Kier alpha value is -3.09. The standard InChI is InChI=1S/C19H21N3O4/c1-14-12-16(6-7-18(14)22(24)25)20-8-10-21(11-9-20)19(23)15-4-3-5-17(13-15)26-2/h3-7,12-13H,8-11H2,1-2H3. The van der Waals surface area contributed by atoms with Gasteiger partial charge >= 0.3 is 0 Å². The molecule has 3 rings (SSSR count). The zero-order chi connectivity index (χ0) is 18.7. The number of methoxy groups -OCH3 is 1. The quantitative estimate of drug-likeness (QED) is 0.623. The van der Waals surface area contributed by atoms with E-state index >= 15 is 0 Å². The third-order valence-corrected chi connectivity index (χ3v) is 4.63. The second-order valence-electron chi connectivity index (χ2n) is 6.24. The number of benzene rings is 2. The number of carbonyl (C=O) groups is 1. The number of anilines is 1. The number of carbonyl (C=O) groups excluding carboxylic acids is 1. The van der Waals surface area contributed by atoms with Gasteiger partial charge in [-0.05, 0) is 37.3 Å². The molecule has 2 aromatic carbocycles. The monoisotopic (exact) mass is 355 g/mol. The van der Waals surface area contributed by atoms with E-state index in [9.17, 15) is 14.9 Å². The molecule has 26 heavy (non-hydrogen) atoms. The average molecular weight is 355 g/mol. The molecule has 0 radical (unpaired) electrons. The van der Waals surface area contributed by atoms with Crippen LogP contribution in [-0.4, -0.2) is 49.0 Å². The largest absolute Gasteiger partial charge is 0.497 e. The van der Waals surface area contributed by atoms with Crippen LogP contribution in [0.15, 0.2) is 42.5 Å². The van der Waals surface area contributed by atoms with Crippen LogP contribution >= 0.6 is 0 Å². The molecule has 7 nitrogen and oxygen atoms in total. The Balaban J connectivity index is 1.66. The normalized spacial score (nSPS) is 14.2. The van der Waals surface area contributed by atoms with Gasteiger partial charge in [-0.3, -0.25) is 14.9 Å². The van der Waals surface area contributed by atoms with E-state index in [1.54, 1.807) is 38.3 Å². The van der Waals surface area contributed by atoms with Crippen molar-refractivity contribution >= 4 is 17.3 Å². The molecule has 0 atom stereocenters. The lowest BCUT2D eigenvalue weighted by molar-refractivity contribution is -0.385. The van der Waals surface area contributed by atoms with Gasteiger partial charge in [0.25, 0.3) is 11.6 Å². The van der Waals surface area contributed by atoms with E-state index in [2.05, 4.69) is 4.90 Å². The molecule has 0 unspecified atom stereocenters. The summed E-state index contributed by atoms with van der Waals surface area (Å²) in [7, 11) is 1.58. The van der Waals surface area contributed by atoms with E-state index in [0.29, 0.717) is 43.1 Å². The van der Waals surface area contributed by atoms with Crippen molar-refractivity contribution in [2.75, 3.05) is 38.2 Å². The zero-order valence-electron chi connectivity index (χ0n) is 14.8. The molecular formula is C19H21N3O4. The van der Waals surface area contributed by atoms with Crippen LogP contribution in [-0.2, 0) is 0 Å². The van der Waals surface area contributed by atoms with Gasteiger partial charge in [0.1, 0.15) is 5.75 Å². The van der Waals surface area contributed by atoms with E-state index in [1.165, 1.54) is 0 Å². The molecule has 1 aliphatic rings. The number of rotatable bonds is 4. The number of hydrogen-bond acceptors (Lipinski definition) is 5. The Morgan fingerprint density at radius 1 is 1.12 bits per heavy atom. The number of nitrogens with zero attached hydrogens (tertiary/aromatic N) is 3. The van der Waals surface area contributed by atoms with Gasteiger partial charge < -0.3 is 14.5 Å². The molecule has 0 aliphatic carbocycles. The summed E-state index contributed by atoms with van der Waals surface area (Å²) in [5.41, 5.74) is 2.33. The highest BCUT2D eigenvalue weighted by Crippen LogP contribution is 2.25. The third-order valence-electron chi connectivity index (χ3n) is 4.63. The minimum Gasteiger partial charge on any atom is -0.497 e. The Morgan fingerprint density at radius 3 is 2.46 bits per heavy atom. The molecule has 1 saturated heterocycles. The van der Waals surface area contributed by atoms with Gasteiger partial charge in [-0.25, -0.2) is 0 Å². The lowest BCUT2D eigenvalue weighted by atomic mass is 10.1. The third kappa shape index (κ3) is 3.61. The fourth-order valence-electron chi connectivity index (χ4n) is 3.15. The maximum atomic E-state index is 12.7. The number of hydrogen-bond donors (Lipinski definition) is 0. The van der Waals surface area contributed by atoms with Crippen LogP contribution in [0.2, 0.25) is 0 Å². The van der Waals surface area contributed by atoms with Crippen molar-refractivity contribution in [3.05, 3.63) is 63.7 Å². The van der Waals surface area contributed by atoms with Crippen molar-refractivity contribution in [3.8, 4) is 5.75 Å². The van der Waals surface area contributed by atoms with E-state index < -0.39 is 0 Å². The first-order chi connectivity index (χ1) is 12.5. The highest BCUT2D eigenvalue weighted by atomic mass is 16.6. The van der Waals surface area contributed by atoms with Gasteiger partial charge in [0.05, 0.1) is 12.0 Å². The molecule has 1 heterocycles. The van der Waals surface area contributed by atoms with Crippen LogP contribution in [0.25, 0.3) is 0 Å². The van der Waals surface area contributed by atoms with Crippen molar-refractivity contribution in [1.29, 1.82) is 0 Å². The SMILES string of the molecule is COc1cccc(C(=O)N2CCN(c3ccc([N+](=O)[O-])c(C)c3)CC2)c1. The summed E-state index contributed by atoms with van der Waals surface area (Å²) in [6.07, 6.45) is 0. The Kier molecular flexibility index (Phi) is 5.06. The van der Waals surface area contributed by atoms with E-state index in [1.807, 2.05) is 23.1 Å². The van der Waals surface area contributed by atoms with Crippen molar-refractivity contribution < 1.29 is 14.5 Å². The predicted molar refractivity (Wildman–Crippen MR) is 98.9 cm³/mol. The summed E-state index contributed by atoms with van der Waals surface area (Å²) < 4.78 is 5.18. The van der Waals surface area contributed by atoms with E-state index in [4.69, 9.17) is 4.74 Å². The number of nitro benzene ring substituents is 1. The van der Waals surface area contributed by atoms with Crippen molar-refractivity contribution in [2.24, 2.45) is 0 Å². The molecule has 0 spiro atoms. The fraction of sp³-hybridized carbons (Fsp3) is 0.316. The van der Waals surface area contributed by atoms with Gasteiger partial charge in [-0.15, -0.1) is 0 Å². The zero-order valence-corrected chi connectivity index (χ0v) is 14.8. The lowest BCUT2D eigenvalue weighted by Crippen LogP contribution is -2.48. The minimum absolute atomic E-state index is 0.0107. The lowest BCUT2D eigenvalue weighted by Gasteiger charge is -2.36. The number of nitro groups is 1. The summed E-state index contributed by atoms with van der Waals surface area (Å²) >= 11 is 0. The molecule has 0 saturated carbocycles. The maximum absolute atomic E-state index is 12.7. The maximum Gasteiger partial charge on any atom is 0.272 e. The molecule has 136 valence electrons. The van der Waals surface area contributed by atoms with Crippen LogP contribution in [0, 0.1) is 17.0 Å². The average Bonchev–Trinajstić information content (AvgIpc) is 2.67. The van der Waals surface area contributed by atoms with Crippen molar-refractivity contribution in [1.82, 2.24) is 4.90 Å². The summed E-state index contributed by atoms with van der Waals surface area (Å²) in [5.74, 6) is 0.652. The first kappa shape index (κ1) is 17.7. The summed E-state index contributed by atoms with van der Waals surface area (Å²) in [5, 5.41) is 10.9. The highest BCUT2D eigenvalue weighted by Gasteiger charge is 2.23. The molecule has 0 N–H and O–H groups in total. The van der Waals surface area contributed by atoms with Gasteiger partial charge in [0, 0.05) is 49.1 Å². The number of amides is 1. The molecule has 0 aromatic heterocycles. The number of aryl methyl sites for hydroxylation is 1. The molecule has 1 amide bonds. The summed E-state index contributed by atoms with van der Waals surface area (Å²) in [6.45, 7) is 4.32. The Bertz CT molecular complexity index is 829. The van der Waals surface area contributed by atoms with Gasteiger partial charge in [0.2, 0.25) is 0 Å². The molecule has 1 aliphatic heterocycles. The molecule has 1 fully saturated rings. The Labute approximate surface area is 151 Å². The number of ether oxygens (including phenoxy) is 1. The van der Waals surface area contributed by atoms with Crippen molar-refractivity contribution in [2.45, 2.75) is 6.92 Å². The van der Waals surface area contributed by atoms with Crippen LogP contribution in [0.4, 0.5) is 11.4 Å². The van der Waals surface area contributed by atoms with E-state index in [-0.39, 0.29) is 16.5 Å². The van der Waals surface area contributed by atoms with Gasteiger partial charge in [-0.2, -0.15) is 0 Å². The molecular weight excluding hydrogens is 334 g/mol. The second-order valence-corrected chi connectivity index (χ2v) is 6.24. The van der Waals surface area contributed by atoms with Crippen LogP contribution in [0.1, 0.15) is 15.9 Å². The minimum atomic E-state index is -0.371. The molecule has 2 aromatic rings. The van der Waals surface area contributed by atoms with Crippen LogP contribution < -0.4 is 9.64 Å². The summed E-state index contributed by atoms with van der Waals surface area (Å²) in [6, 6.07) is 12.3. The predicted octanol–water partition coefficient (Wildman–Crippen LogP) is 2.87. The number of piperazine rings is 1.